The lowest BCUT2D eigenvalue weighted by Gasteiger charge is -2.11. The van der Waals surface area contributed by atoms with Crippen LogP contribution in [0.25, 0.3) is 0 Å². The first-order chi connectivity index (χ1) is 8.17. The predicted molar refractivity (Wildman–Crippen MR) is 66.8 cm³/mol. The largest absolute Gasteiger partial charge is 0.347 e. The van der Waals surface area contributed by atoms with Gasteiger partial charge in [-0.05, 0) is 19.8 Å². The number of carbonyl (C=O) groups excluding carboxylic acids is 1. The zero-order valence-electron chi connectivity index (χ0n) is 10.9. The minimum atomic E-state index is -0.188. The van der Waals surface area contributed by atoms with Crippen molar-refractivity contribution in [1.29, 1.82) is 0 Å². The van der Waals surface area contributed by atoms with Gasteiger partial charge in [-0.15, -0.1) is 5.10 Å². The molecular weight excluding hydrogens is 216 g/mol. The van der Waals surface area contributed by atoms with Crippen molar-refractivity contribution in [2.75, 3.05) is 0 Å². The fourth-order valence-corrected chi connectivity index (χ4v) is 1.62. The Morgan fingerprint density at radius 3 is 2.82 bits per heavy atom. The van der Waals surface area contributed by atoms with Crippen molar-refractivity contribution in [2.45, 2.75) is 58.9 Å². The zero-order chi connectivity index (χ0) is 12.7. The molecule has 0 aliphatic rings. The van der Waals surface area contributed by atoms with Gasteiger partial charge in [-0.25, -0.2) is 4.98 Å². The third-order valence-corrected chi connectivity index (χ3v) is 2.59. The first-order valence-corrected chi connectivity index (χ1v) is 6.39. The molecule has 0 saturated carbocycles. The number of hydrogen-bond donors (Lipinski definition) is 2. The minimum absolute atomic E-state index is 0.176. The highest BCUT2D eigenvalue weighted by molar-refractivity contribution is 5.90. The van der Waals surface area contributed by atoms with Gasteiger partial charge >= 0.3 is 0 Å². The van der Waals surface area contributed by atoms with E-state index < -0.39 is 0 Å². The molecule has 0 fully saturated rings. The van der Waals surface area contributed by atoms with Crippen LogP contribution in [0.2, 0.25) is 0 Å². The summed E-state index contributed by atoms with van der Waals surface area (Å²) in [6, 6.07) is 0.176. The number of unbranched alkanes of at least 4 members (excludes halogenated alkanes) is 1. The molecule has 5 nitrogen and oxygen atoms in total. The van der Waals surface area contributed by atoms with E-state index in [2.05, 4.69) is 34.3 Å². The maximum absolute atomic E-state index is 11.8. The van der Waals surface area contributed by atoms with Crippen LogP contribution >= 0.6 is 0 Å². The predicted octanol–water partition coefficient (Wildman–Crippen LogP) is 2.07. The summed E-state index contributed by atoms with van der Waals surface area (Å²) in [6.45, 7) is 6.21. The number of aromatic nitrogens is 3. The highest BCUT2D eigenvalue weighted by Gasteiger charge is 2.14. The SMILES string of the molecule is CCCCC(C)NC(=O)c1n[nH]c(CCC)n1. The summed E-state index contributed by atoms with van der Waals surface area (Å²) in [4.78, 5) is 15.9. The number of hydrogen-bond acceptors (Lipinski definition) is 3. The smallest absolute Gasteiger partial charge is 0.291 e. The number of carbonyl (C=O) groups is 1. The molecule has 1 heterocycles. The summed E-state index contributed by atoms with van der Waals surface area (Å²) < 4.78 is 0. The normalized spacial score (nSPS) is 12.4. The lowest BCUT2D eigenvalue weighted by molar-refractivity contribution is 0.0928. The molecule has 2 N–H and O–H groups in total. The fraction of sp³-hybridized carbons (Fsp3) is 0.750. The number of rotatable bonds is 7. The van der Waals surface area contributed by atoms with Crippen LogP contribution < -0.4 is 5.32 Å². The van der Waals surface area contributed by atoms with Gasteiger partial charge in [0, 0.05) is 12.5 Å². The molecule has 0 radical (unpaired) electrons. The molecule has 1 aromatic rings. The summed E-state index contributed by atoms with van der Waals surface area (Å²) in [6.07, 6.45) is 5.07. The van der Waals surface area contributed by atoms with Crippen LogP contribution in [0.3, 0.4) is 0 Å². The van der Waals surface area contributed by atoms with Crippen molar-refractivity contribution in [3.05, 3.63) is 11.6 Å². The number of aryl methyl sites for hydroxylation is 1. The average molecular weight is 238 g/mol. The van der Waals surface area contributed by atoms with Crippen LogP contribution in [-0.2, 0) is 6.42 Å². The Balaban J connectivity index is 2.45. The summed E-state index contributed by atoms with van der Waals surface area (Å²) in [5.74, 6) is 0.836. The summed E-state index contributed by atoms with van der Waals surface area (Å²) >= 11 is 0. The molecule has 0 bridgehead atoms. The highest BCUT2D eigenvalue weighted by Crippen LogP contribution is 2.01. The maximum Gasteiger partial charge on any atom is 0.291 e. The van der Waals surface area contributed by atoms with E-state index >= 15 is 0 Å². The fourth-order valence-electron chi connectivity index (χ4n) is 1.62. The molecule has 17 heavy (non-hydrogen) atoms. The molecule has 96 valence electrons. The van der Waals surface area contributed by atoms with E-state index in [-0.39, 0.29) is 17.8 Å². The Morgan fingerprint density at radius 2 is 2.18 bits per heavy atom. The van der Waals surface area contributed by atoms with Gasteiger partial charge < -0.3 is 5.32 Å². The number of H-pyrrole nitrogens is 1. The average Bonchev–Trinajstić information content (AvgIpc) is 2.75. The van der Waals surface area contributed by atoms with E-state index in [1.54, 1.807) is 0 Å². The number of amides is 1. The molecule has 0 spiro atoms. The van der Waals surface area contributed by atoms with Crippen LogP contribution in [0.5, 0.6) is 0 Å². The molecule has 1 rings (SSSR count). The zero-order valence-corrected chi connectivity index (χ0v) is 10.9. The number of nitrogens with one attached hydrogen (secondary N) is 2. The Hall–Kier alpha value is -1.39. The topological polar surface area (TPSA) is 70.7 Å². The van der Waals surface area contributed by atoms with Gasteiger partial charge in [0.15, 0.2) is 0 Å². The molecule has 0 aliphatic heterocycles. The van der Waals surface area contributed by atoms with Crippen LogP contribution in [0.1, 0.15) is 62.9 Å². The van der Waals surface area contributed by atoms with Gasteiger partial charge in [-0.1, -0.05) is 26.7 Å². The quantitative estimate of drug-likeness (QED) is 0.764. The highest BCUT2D eigenvalue weighted by atomic mass is 16.2. The van der Waals surface area contributed by atoms with Crippen molar-refractivity contribution in [3.8, 4) is 0 Å². The Morgan fingerprint density at radius 1 is 1.41 bits per heavy atom. The van der Waals surface area contributed by atoms with E-state index in [0.717, 1.165) is 37.9 Å². The van der Waals surface area contributed by atoms with Gasteiger partial charge in [0.2, 0.25) is 5.82 Å². The lowest BCUT2D eigenvalue weighted by atomic mass is 10.1. The lowest BCUT2D eigenvalue weighted by Crippen LogP contribution is -2.33. The van der Waals surface area contributed by atoms with Gasteiger partial charge in [0.05, 0.1) is 0 Å². The van der Waals surface area contributed by atoms with Crippen LogP contribution in [-0.4, -0.2) is 27.1 Å². The standard InChI is InChI=1S/C12H22N4O/c1-4-6-8-9(3)13-12(17)11-14-10(7-5-2)15-16-11/h9H,4-8H2,1-3H3,(H,13,17)(H,14,15,16). The van der Waals surface area contributed by atoms with Gasteiger partial charge in [-0.3, -0.25) is 9.89 Å². The third kappa shape index (κ3) is 4.54. The molecular formula is C12H22N4O. The molecule has 1 aromatic heterocycles. The summed E-state index contributed by atoms with van der Waals surface area (Å²) in [7, 11) is 0. The molecule has 0 aromatic carbocycles. The van der Waals surface area contributed by atoms with Gasteiger partial charge in [-0.2, -0.15) is 0 Å². The molecule has 1 atom stereocenters. The molecule has 1 amide bonds. The van der Waals surface area contributed by atoms with E-state index in [0.29, 0.717) is 0 Å². The first kappa shape index (κ1) is 13.7. The summed E-state index contributed by atoms with van der Waals surface area (Å²) in [5, 5.41) is 9.60. The van der Waals surface area contributed by atoms with E-state index in [1.807, 2.05) is 6.92 Å². The van der Waals surface area contributed by atoms with Crippen LogP contribution in [0.4, 0.5) is 0 Å². The van der Waals surface area contributed by atoms with Crippen molar-refractivity contribution in [1.82, 2.24) is 20.5 Å². The molecule has 1 unspecified atom stereocenters. The molecule has 0 aliphatic carbocycles. The van der Waals surface area contributed by atoms with E-state index in [4.69, 9.17) is 0 Å². The van der Waals surface area contributed by atoms with Crippen LogP contribution in [0, 0.1) is 0 Å². The second-order valence-electron chi connectivity index (χ2n) is 4.37. The van der Waals surface area contributed by atoms with Crippen molar-refractivity contribution < 1.29 is 4.79 Å². The van der Waals surface area contributed by atoms with Crippen LogP contribution in [0.15, 0.2) is 0 Å². The van der Waals surface area contributed by atoms with E-state index in [1.165, 1.54) is 0 Å². The molecule has 0 saturated heterocycles. The maximum atomic E-state index is 11.8. The Labute approximate surface area is 102 Å². The summed E-state index contributed by atoms with van der Waals surface area (Å²) in [5.41, 5.74) is 0. The second kappa shape index (κ2) is 7.04. The van der Waals surface area contributed by atoms with Gasteiger partial charge in [0.1, 0.15) is 5.82 Å². The van der Waals surface area contributed by atoms with Gasteiger partial charge in [0.25, 0.3) is 5.91 Å². The second-order valence-corrected chi connectivity index (χ2v) is 4.37. The van der Waals surface area contributed by atoms with Crippen molar-refractivity contribution in [2.24, 2.45) is 0 Å². The monoisotopic (exact) mass is 238 g/mol. The van der Waals surface area contributed by atoms with E-state index in [9.17, 15) is 4.79 Å². The number of nitrogens with zero attached hydrogens (tertiary/aromatic N) is 2. The Bertz CT molecular complexity index is 348. The third-order valence-electron chi connectivity index (χ3n) is 2.59. The number of aromatic amines is 1. The molecule has 5 heteroatoms. The van der Waals surface area contributed by atoms with Crippen molar-refractivity contribution in [3.63, 3.8) is 0 Å². The minimum Gasteiger partial charge on any atom is -0.347 e. The first-order valence-electron chi connectivity index (χ1n) is 6.39. The Kier molecular flexibility index (Phi) is 5.66. The van der Waals surface area contributed by atoms with Crippen molar-refractivity contribution >= 4 is 5.91 Å².